The third-order valence-electron chi connectivity index (χ3n) is 4.54. The topological polar surface area (TPSA) is 55.4 Å². The lowest BCUT2D eigenvalue weighted by Gasteiger charge is -2.13. The van der Waals surface area contributed by atoms with Crippen LogP contribution >= 0.6 is 0 Å². The predicted octanol–water partition coefficient (Wildman–Crippen LogP) is 3.13. The van der Waals surface area contributed by atoms with Crippen molar-refractivity contribution in [2.45, 2.75) is 13.5 Å². The molecule has 0 aliphatic rings. The quantitative estimate of drug-likeness (QED) is 0.562. The van der Waals surface area contributed by atoms with Crippen LogP contribution in [-0.2, 0) is 6.54 Å². The average molecular weight is 359 g/mol. The van der Waals surface area contributed by atoms with Crippen LogP contribution in [0.1, 0.15) is 11.1 Å². The predicted molar refractivity (Wildman–Crippen MR) is 109 cm³/mol. The molecule has 4 aromatic rings. The van der Waals surface area contributed by atoms with E-state index in [4.69, 9.17) is 0 Å². The molecule has 2 heterocycles. The Hall–Kier alpha value is -3.41. The van der Waals surface area contributed by atoms with Crippen LogP contribution in [0.15, 0.2) is 59.4 Å². The molecule has 0 radical (unpaired) electrons. The van der Waals surface area contributed by atoms with Gasteiger partial charge in [0, 0.05) is 20.6 Å². The Morgan fingerprint density at radius 3 is 2.59 bits per heavy atom. The fourth-order valence-electron chi connectivity index (χ4n) is 3.22. The first-order chi connectivity index (χ1) is 13.1. The Bertz CT molecular complexity index is 1200. The van der Waals surface area contributed by atoms with Crippen molar-refractivity contribution in [2.75, 3.05) is 19.0 Å². The number of fused-ring (bicyclic) bond motifs is 3. The van der Waals surface area contributed by atoms with Crippen molar-refractivity contribution in [3.8, 4) is 0 Å². The summed E-state index contributed by atoms with van der Waals surface area (Å²) in [6, 6.07) is 15.9. The molecule has 0 atom stereocenters. The third-order valence-corrected chi connectivity index (χ3v) is 4.54. The molecule has 6 nitrogen and oxygen atoms in total. The smallest absolute Gasteiger partial charge is 0.263 e. The second-order valence-electron chi connectivity index (χ2n) is 6.78. The van der Waals surface area contributed by atoms with E-state index in [1.807, 2.05) is 91.0 Å². The summed E-state index contributed by atoms with van der Waals surface area (Å²) in [4.78, 5) is 15.0. The molecule has 27 heavy (non-hydrogen) atoms. The maximum absolute atomic E-state index is 13.2. The Morgan fingerprint density at radius 1 is 1.07 bits per heavy atom. The zero-order chi connectivity index (χ0) is 19.0. The second kappa shape index (κ2) is 6.72. The zero-order valence-corrected chi connectivity index (χ0v) is 15.6. The van der Waals surface area contributed by atoms with Gasteiger partial charge in [-0.25, -0.2) is 4.40 Å². The van der Waals surface area contributed by atoms with E-state index in [9.17, 15) is 4.79 Å². The minimum atomic E-state index is -0.0587. The highest BCUT2D eigenvalue weighted by molar-refractivity contribution is 5.82. The maximum atomic E-state index is 13.2. The fraction of sp³-hybridized carbons (Fsp3) is 0.190. The molecule has 0 bridgehead atoms. The van der Waals surface area contributed by atoms with Gasteiger partial charge in [-0.1, -0.05) is 54.1 Å². The molecule has 136 valence electrons. The zero-order valence-electron chi connectivity index (χ0n) is 15.6. The molecule has 0 N–H and O–H groups in total. The van der Waals surface area contributed by atoms with Gasteiger partial charge in [-0.15, -0.1) is 10.2 Å². The molecule has 0 aliphatic carbocycles. The van der Waals surface area contributed by atoms with E-state index in [2.05, 4.69) is 10.2 Å². The van der Waals surface area contributed by atoms with Crippen molar-refractivity contribution in [1.82, 2.24) is 19.2 Å². The first-order valence-corrected chi connectivity index (χ1v) is 8.83. The number of hydrogen-bond acceptors (Lipinski definition) is 4. The van der Waals surface area contributed by atoms with Gasteiger partial charge >= 0.3 is 0 Å². The highest BCUT2D eigenvalue weighted by Gasteiger charge is 2.17. The highest BCUT2D eigenvalue weighted by atomic mass is 16.1. The van der Waals surface area contributed by atoms with Crippen LogP contribution in [0.5, 0.6) is 0 Å². The van der Waals surface area contributed by atoms with Gasteiger partial charge in [0.25, 0.3) is 5.56 Å². The van der Waals surface area contributed by atoms with Crippen molar-refractivity contribution >= 4 is 28.7 Å². The molecule has 0 spiro atoms. The molecule has 2 aromatic heterocycles. The van der Waals surface area contributed by atoms with Gasteiger partial charge in [0.2, 0.25) is 11.7 Å². The molecule has 0 fully saturated rings. The maximum Gasteiger partial charge on any atom is 0.263 e. The van der Waals surface area contributed by atoms with Crippen molar-refractivity contribution in [2.24, 2.45) is 0 Å². The van der Waals surface area contributed by atoms with Crippen molar-refractivity contribution in [3.05, 3.63) is 76.1 Å². The van der Waals surface area contributed by atoms with E-state index in [0.29, 0.717) is 23.7 Å². The molecule has 0 aliphatic heterocycles. The lowest BCUT2D eigenvalue weighted by atomic mass is 10.1. The monoisotopic (exact) mass is 359 g/mol. The summed E-state index contributed by atoms with van der Waals surface area (Å²) in [5.74, 6) is 1.23. The van der Waals surface area contributed by atoms with Gasteiger partial charge in [-0.05, 0) is 24.6 Å². The molecular formula is C21H21N5O. The Balaban J connectivity index is 1.92. The highest BCUT2D eigenvalue weighted by Crippen LogP contribution is 2.19. The summed E-state index contributed by atoms with van der Waals surface area (Å²) in [6.07, 6.45) is 3.98. The molecule has 4 rings (SSSR count). The van der Waals surface area contributed by atoms with E-state index in [-0.39, 0.29) is 5.56 Å². The van der Waals surface area contributed by atoms with Gasteiger partial charge in [-0.3, -0.25) is 9.36 Å². The number of allylic oxidation sites excluding steroid dienone is 1. The van der Waals surface area contributed by atoms with E-state index >= 15 is 0 Å². The van der Waals surface area contributed by atoms with Gasteiger partial charge in [0.1, 0.15) is 0 Å². The number of rotatable bonds is 4. The largest absolute Gasteiger partial charge is 0.347 e. The van der Waals surface area contributed by atoms with Crippen molar-refractivity contribution < 1.29 is 0 Å². The number of aryl methyl sites for hydroxylation is 1. The lowest BCUT2D eigenvalue weighted by Crippen LogP contribution is -2.24. The van der Waals surface area contributed by atoms with Crippen LogP contribution in [0.2, 0.25) is 0 Å². The number of anilines is 1. The number of benzene rings is 2. The number of nitrogens with zero attached hydrogens (tertiary/aromatic N) is 5. The normalized spacial score (nSPS) is 11.7. The van der Waals surface area contributed by atoms with E-state index in [0.717, 1.165) is 16.6 Å². The average Bonchev–Trinajstić information content (AvgIpc) is 3.10. The summed E-state index contributed by atoms with van der Waals surface area (Å²) < 4.78 is 3.60. The fourth-order valence-corrected chi connectivity index (χ4v) is 3.22. The summed E-state index contributed by atoms with van der Waals surface area (Å²) in [7, 11) is 3.84. The summed E-state index contributed by atoms with van der Waals surface area (Å²) in [5.41, 5.74) is 2.90. The standard InChI is InChI=1S/C21H21N5O/c1-15-11-12-18-17(14-15)19(27)25(13-7-10-16-8-5-4-6-9-16)21-23-22-20(24(2)3)26(18)21/h4-12,14H,13H2,1-3H3. The second-order valence-corrected chi connectivity index (χ2v) is 6.78. The molecular weight excluding hydrogens is 338 g/mol. The Morgan fingerprint density at radius 2 is 1.85 bits per heavy atom. The molecule has 6 heteroatoms. The molecule has 0 saturated heterocycles. The van der Waals surface area contributed by atoms with Gasteiger partial charge in [-0.2, -0.15) is 0 Å². The molecule has 0 unspecified atom stereocenters. The molecule has 0 amide bonds. The minimum absolute atomic E-state index is 0.0587. The Kier molecular flexibility index (Phi) is 4.24. The van der Waals surface area contributed by atoms with Gasteiger partial charge in [0.15, 0.2) is 0 Å². The van der Waals surface area contributed by atoms with E-state index in [1.165, 1.54) is 0 Å². The van der Waals surface area contributed by atoms with Crippen molar-refractivity contribution in [3.63, 3.8) is 0 Å². The molecule has 0 saturated carbocycles. The van der Waals surface area contributed by atoms with Crippen LogP contribution in [0.3, 0.4) is 0 Å². The number of aromatic nitrogens is 4. The van der Waals surface area contributed by atoms with Gasteiger partial charge < -0.3 is 4.90 Å². The summed E-state index contributed by atoms with van der Waals surface area (Å²) in [6.45, 7) is 2.41. The van der Waals surface area contributed by atoms with Crippen LogP contribution < -0.4 is 10.5 Å². The van der Waals surface area contributed by atoms with E-state index < -0.39 is 0 Å². The van der Waals surface area contributed by atoms with Crippen LogP contribution in [0, 0.1) is 6.92 Å². The van der Waals surface area contributed by atoms with Crippen LogP contribution in [0.4, 0.5) is 5.95 Å². The number of hydrogen-bond donors (Lipinski definition) is 0. The van der Waals surface area contributed by atoms with E-state index in [1.54, 1.807) is 4.57 Å². The minimum Gasteiger partial charge on any atom is -0.347 e. The summed E-state index contributed by atoms with van der Waals surface area (Å²) in [5, 5.41) is 9.26. The SMILES string of the molecule is Cc1ccc2c(c1)c(=O)n(CC=Cc1ccccc1)c1nnc(N(C)C)n21. The third kappa shape index (κ3) is 2.99. The van der Waals surface area contributed by atoms with Crippen molar-refractivity contribution in [1.29, 1.82) is 0 Å². The first-order valence-electron chi connectivity index (χ1n) is 8.83. The molecule has 2 aromatic carbocycles. The summed E-state index contributed by atoms with van der Waals surface area (Å²) >= 11 is 0. The first kappa shape index (κ1) is 17.0. The van der Waals surface area contributed by atoms with Gasteiger partial charge in [0.05, 0.1) is 10.9 Å². The van der Waals surface area contributed by atoms with Crippen LogP contribution in [-0.4, -0.2) is 33.3 Å². The van der Waals surface area contributed by atoms with Crippen LogP contribution in [0.25, 0.3) is 22.8 Å². The Labute approximate surface area is 157 Å². The lowest BCUT2D eigenvalue weighted by molar-refractivity contribution is 0.786.